The van der Waals surface area contributed by atoms with Gasteiger partial charge in [-0.15, -0.1) is 0 Å². The highest BCUT2D eigenvalue weighted by atomic mass is 35.5. The number of carboxylic acids is 1. The predicted octanol–water partition coefficient (Wildman–Crippen LogP) is 3.12. The van der Waals surface area contributed by atoms with Crippen LogP contribution in [0.3, 0.4) is 0 Å². The first-order valence-electron chi connectivity index (χ1n) is 5.40. The first-order valence-corrected chi connectivity index (χ1v) is 5.77. The average molecular weight is 257 g/mol. The number of hydrogen-bond acceptors (Lipinski definition) is 2. The smallest absolute Gasteiger partial charge is 0.310 e. The van der Waals surface area contributed by atoms with Crippen LogP contribution in [0, 0.1) is 11.3 Å². The lowest BCUT2D eigenvalue weighted by Gasteiger charge is -2.31. The molecule has 2 unspecified atom stereocenters. The van der Waals surface area contributed by atoms with Gasteiger partial charge in [-0.3, -0.25) is 4.79 Å². The fraction of sp³-hybridized carbons (Fsp3) is 0.462. The van der Waals surface area contributed by atoms with Gasteiger partial charge in [-0.1, -0.05) is 44.5 Å². The zero-order valence-corrected chi connectivity index (χ0v) is 10.9. The van der Waals surface area contributed by atoms with Crippen molar-refractivity contribution in [1.82, 2.24) is 0 Å². The molecule has 17 heavy (non-hydrogen) atoms. The second-order valence-electron chi connectivity index (χ2n) is 5.18. The van der Waals surface area contributed by atoms with E-state index in [1.165, 1.54) is 0 Å². The first-order chi connectivity index (χ1) is 7.73. The number of benzene rings is 1. The van der Waals surface area contributed by atoms with Gasteiger partial charge in [0.2, 0.25) is 0 Å². The summed E-state index contributed by atoms with van der Waals surface area (Å²) in [6, 6.07) is 6.58. The summed E-state index contributed by atoms with van der Waals surface area (Å²) in [6.07, 6.45) is -1.04. The van der Waals surface area contributed by atoms with Crippen LogP contribution in [0.1, 0.15) is 32.4 Å². The molecule has 1 rings (SSSR count). The fourth-order valence-electron chi connectivity index (χ4n) is 1.83. The molecule has 2 atom stereocenters. The van der Waals surface area contributed by atoms with Crippen molar-refractivity contribution in [2.45, 2.75) is 26.9 Å². The summed E-state index contributed by atoms with van der Waals surface area (Å²) in [5.74, 6) is -1.86. The molecule has 0 amide bonds. The van der Waals surface area contributed by atoms with Gasteiger partial charge in [0.15, 0.2) is 0 Å². The maximum Gasteiger partial charge on any atom is 0.310 e. The van der Waals surface area contributed by atoms with Gasteiger partial charge in [0.25, 0.3) is 0 Å². The zero-order valence-electron chi connectivity index (χ0n) is 10.1. The van der Waals surface area contributed by atoms with Crippen LogP contribution in [0.2, 0.25) is 5.02 Å². The van der Waals surface area contributed by atoms with E-state index < -0.39 is 23.4 Å². The van der Waals surface area contributed by atoms with E-state index in [9.17, 15) is 15.0 Å². The lowest BCUT2D eigenvalue weighted by Crippen LogP contribution is -2.33. The van der Waals surface area contributed by atoms with Gasteiger partial charge in [-0.2, -0.15) is 0 Å². The Hall–Kier alpha value is -1.06. The monoisotopic (exact) mass is 256 g/mol. The van der Waals surface area contributed by atoms with E-state index in [2.05, 4.69) is 0 Å². The van der Waals surface area contributed by atoms with Crippen LogP contribution in [0.15, 0.2) is 24.3 Å². The van der Waals surface area contributed by atoms with Gasteiger partial charge in [0, 0.05) is 5.02 Å². The van der Waals surface area contributed by atoms with Crippen molar-refractivity contribution < 1.29 is 15.0 Å². The summed E-state index contributed by atoms with van der Waals surface area (Å²) >= 11 is 5.75. The number of hydrogen-bond donors (Lipinski definition) is 2. The van der Waals surface area contributed by atoms with Crippen molar-refractivity contribution in [3.63, 3.8) is 0 Å². The Labute approximate surface area is 106 Å². The highest BCUT2D eigenvalue weighted by Gasteiger charge is 2.37. The van der Waals surface area contributed by atoms with Crippen molar-refractivity contribution in [1.29, 1.82) is 0 Å². The third kappa shape index (κ3) is 3.45. The highest BCUT2D eigenvalue weighted by Crippen LogP contribution is 2.36. The third-order valence-corrected chi connectivity index (χ3v) is 2.98. The number of carbonyl (C=O) groups is 1. The summed E-state index contributed by atoms with van der Waals surface area (Å²) in [5.41, 5.74) is 0.0435. The predicted molar refractivity (Wildman–Crippen MR) is 67.0 cm³/mol. The minimum atomic E-state index is -1.04. The molecule has 0 spiro atoms. The zero-order chi connectivity index (χ0) is 13.2. The highest BCUT2D eigenvalue weighted by molar-refractivity contribution is 6.30. The maximum atomic E-state index is 11.2. The number of halogens is 1. The van der Waals surface area contributed by atoms with E-state index >= 15 is 0 Å². The molecule has 0 saturated heterocycles. The van der Waals surface area contributed by atoms with Crippen LogP contribution >= 0.6 is 11.6 Å². The van der Waals surface area contributed by atoms with Gasteiger partial charge >= 0.3 is 5.97 Å². The van der Waals surface area contributed by atoms with Crippen molar-refractivity contribution in [2.75, 3.05) is 0 Å². The van der Waals surface area contributed by atoms with Gasteiger partial charge in [-0.05, 0) is 23.1 Å². The van der Waals surface area contributed by atoms with Crippen LogP contribution in [0.4, 0.5) is 0 Å². The van der Waals surface area contributed by atoms with Crippen LogP contribution in [-0.4, -0.2) is 16.2 Å². The van der Waals surface area contributed by atoms with Gasteiger partial charge in [-0.25, -0.2) is 0 Å². The molecule has 0 aliphatic rings. The van der Waals surface area contributed by atoms with E-state index in [0.717, 1.165) is 0 Å². The van der Waals surface area contributed by atoms with Crippen LogP contribution in [-0.2, 0) is 4.79 Å². The molecule has 4 heteroatoms. The molecule has 94 valence electrons. The van der Waals surface area contributed by atoms with Crippen LogP contribution in [0.25, 0.3) is 0 Å². The molecule has 0 heterocycles. The van der Waals surface area contributed by atoms with Crippen molar-refractivity contribution in [3.8, 4) is 0 Å². The Morgan fingerprint density at radius 2 is 1.71 bits per heavy atom. The molecule has 1 aromatic carbocycles. The number of aliphatic hydroxyl groups excluding tert-OH is 1. The van der Waals surface area contributed by atoms with Gasteiger partial charge < -0.3 is 10.2 Å². The second kappa shape index (κ2) is 5.07. The summed E-state index contributed by atoms with van der Waals surface area (Å²) in [4.78, 5) is 11.2. The first kappa shape index (κ1) is 14.0. The van der Waals surface area contributed by atoms with E-state index in [-0.39, 0.29) is 0 Å². The lowest BCUT2D eigenvalue weighted by molar-refractivity contribution is -0.151. The van der Waals surface area contributed by atoms with E-state index in [1.807, 2.05) is 0 Å². The van der Waals surface area contributed by atoms with Crippen molar-refractivity contribution in [2.24, 2.45) is 11.3 Å². The van der Waals surface area contributed by atoms with Gasteiger partial charge in [0.1, 0.15) is 0 Å². The Kier molecular flexibility index (Phi) is 4.17. The maximum absolute atomic E-state index is 11.2. The molecule has 2 N–H and O–H groups in total. The Morgan fingerprint density at radius 3 is 2.06 bits per heavy atom. The van der Waals surface area contributed by atoms with Crippen molar-refractivity contribution >= 4 is 17.6 Å². The normalized spacial score (nSPS) is 15.4. The molecule has 0 aliphatic heterocycles. The summed E-state index contributed by atoms with van der Waals surface area (Å²) in [6.45, 7) is 5.39. The molecule has 0 radical (unpaired) electrons. The van der Waals surface area contributed by atoms with E-state index in [0.29, 0.717) is 10.6 Å². The molecular weight excluding hydrogens is 240 g/mol. The number of rotatable bonds is 3. The molecular formula is C13H17ClO3. The Balaban J connectivity index is 3.04. The minimum absolute atomic E-state index is 0.523. The largest absolute Gasteiger partial charge is 0.481 e. The lowest BCUT2D eigenvalue weighted by atomic mass is 9.75. The third-order valence-electron chi connectivity index (χ3n) is 2.73. The molecule has 3 nitrogen and oxygen atoms in total. The molecule has 0 bridgehead atoms. The topological polar surface area (TPSA) is 57.5 Å². The van der Waals surface area contributed by atoms with Crippen LogP contribution in [0.5, 0.6) is 0 Å². The van der Waals surface area contributed by atoms with E-state index in [4.69, 9.17) is 11.6 Å². The summed E-state index contributed by atoms with van der Waals surface area (Å²) < 4.78 is 0. The molecule has 0 aliphatic carbocycles. The Morgan fingerprint density at radius 1 is 1.24 bits per heavy atom. The molecule has 0 saturated carbocycles. The number of aliphatic carboxylic acids is 1. The average Bonchev–Trinajstić information content (AvgIpc) is 2.15. The molecule has 1 aromatic rings. The molecule has 0 aromatic heterocycles. The number of aliphatic hydroxyl groups is 1. The van der Waals surface area contributed by atoms with Crippen LogP contribution < -0.4 is 0 Å². The molecule has 0 fully saturated rings. The minimum Gasteiger partial charge on any atom is -0.481 e. The quantitative estimate of drug-likeness (QED) is 0.874. The number of carboxylic acid groups (broad SMARTS) is 1. The van der Waals surface area contributed by atoms with Crippen molar-refractivity contribution in [3.05, 3.63) is 34.9 Å². The standard InChI is InChI=1S/C13H17ClO3/c1-13(2,3)10(12(16)17)11(15)8-4-6-9(14)7-5-8/h4-7,10-11,15H,1-3H3,(H,16,17). The SMILES string of the molecule is CC(C)(C)C(C(=O)O)C(O)c1ccc(Cl)cc1. The second-order valence-corrected chi connectivity index (χ2v) is 5.61. The summed E-state index contributed by atoms with van der Waals surface area (Å²) in [7, 11) is 0. The summed E-state index contributed by atoms with van der Waals surface area (Å²) in [5, 5.41) is 19.9. The fourth-order valence-corrected chi connectivity index (χ4v) is 1.96. The Bertz CT molecular complexity index is 392. The van der Waals surface area contributed by atoms with E-state index in [1.54, 1.807) is 45.0 Å². The van der Waals surface area contributed by atoms with Gasteiger partial charge in [0.05, 0.1) is 12.0 Å².